The highest BCUT2D eigenvalue weighted by molar-refractivity contribution is 6.28. The number of hydrogen-bond donors (Lipinski definition) is 0. The average molecular weight is 244 g/mol. The molecule has 1 rings (SSSR count). The summed E-state index contributed by atoms with van der Waals surface area (Å²) in [6.45, 7) is 0.514. The number of ether oxygens (including phenoxy) is 1. The molecule has 4 nitrogen and oxygen atoms in total. The van der Waals surface area contributed by atoms with Crippen molar-refractivity contribution in [2.75, 3.05) is 13.2 Å². The van der Waals surface area contributed by atoms with E-state index in [-0.39, 0.29) is 18.4 Å². The van der Waals surface area contributed by atoms with Crippen LogP contribution in [-0.2, 0) is 11.3 Å². The van der Waals surface area contributed by atoms with Gasteiger partial charge in [0, 0.05) is 0 Å². The van der Waals surface area contributed by atoms with E-state index in [9.17, 15) is 13.2 Å². The average Bonchev–Trinajstić information content (AvgIpc) is 2.40. The number of nitrogens with zero attached hydrogens (tertiary/aromatic N) is 3. The van der Waals surface area contributed by atoms with Crippen LogP contribution >= 0.6 is 11.6 Å². The molecule has 0 spiro atoms. The van der Waals surface area contributed by atoms with Crippen LogP contribution in [0.25, 0.3) is 0 Å². The van der Waals surface area contributed by atoms with Crippen molar-refractivity contribution in [3.05, 3.63) is 11.1 Å². The topological polar surface area (TPSA) is 39.9 Å². The summed E-state index contributed by atoms with van der Waals surface area (Å²) in [5.74, 6) is 0.538. The number of alkyl halides is 3. The first-order chi connectivity index (χ1) is 6.90. The van der Waals surface area contributed by atoms with Crippen LogP contribution in [0.15, 0.2) is 0 Å². The molecule has 0 aliphatic carbocycles. The lowest BCUT2D eigenvalue weighted by atomic mass is 10.6. The second-order valence-corrected chi connectivity index (χ2v) is 3.17. The fourth-order valence-corrected chi connectivity index (χ4v) is 1.20. The van der Waals surface area contributed by atoms with E-state index in [1.165, 1.54) is 4.57 Å². The van der Waals surface area contributed by atoms with Gasteiger partial charge in [-0.05, 0) is 18.5 Å². The zero-order valence-electron chi connectivity index (χ0n) is 7.88. The van der Waals surface area contributed by atoms with Crippen LogP contribution in [0, 0.1) is 6.92 Å². The van der Waals surface area contributed by atoms with Crippen molar-refractivity contribution in [2.45, 2.75) is 19.6 Å². The molecule has 0 bridgehead atoms. The van der Waals surface area contributed by atoms with E-state index in [4.69, 9.17) is 11.6 Å². The molecule has 0 aromatic carbocycles. The van der Waals surface area contributed by atoms with Gasteiger partial charge in [-0.3, -0.25) is 4.57 Å². The Morgan fingerprint density at radius 1 is 1.40 bits per heavy atom. The summed E-state index contributed by atoms with van der Waals surface area (Å²) in [7, 11) is 0. The Morgan fingerprint density at radius 3 is 2.53 bits per heavy atom. The van der Waals surface area contributed by atoms with Gasteiger partial charge in [-0.15, -0.1) is 10.2 Å². The van der Waals surface area contributed by atoms with Crippen molar-refractivity contribution in [1.29, 1.82) is 0 Å². The Balaban J connectivity index is 2.32. The fourth-order valence-electron chi connectivity index (χ4n) is 0.953. The molecule has 86 valence electrons. The monoisotopic (exact) mass is 243 g/mol. The lowest BCUT2D eigenvalue weighted by molar-refractivity contribution is -0.174. The zero-order chi connectivity index (χ0) is 11.5. The Kier molecular flexibility index (Phi) is 3.92. The first-order valence-electron chi connectivity index (χ1n) is 4.10. The molecule has 1 aromatic heterocycles. The van der Waals surface area contributed by atoms with Crippen LogP contribution in [-0.4, -0.2) is 34.2 Å². The normalized spacial score (nSPS) is 12.1. The number of hydrogen-bond acceptors (Lipinski definition) is 3. The van der Waals surface area contributed by atoms with Gasteiger partial charge < -0.3 is 4.74 Å². The molecule has 8 heteroatoms. The molecule has 0 fully saturated rings. The van der Waals surface area contributed by atoms with Gasteiger partial charge in [-0.25, -0.2) is 0 Å². The van der Waals surface area contributed by atoms with Crippen molar-refractivity contribution < 1.29 is 17.9 Å². The van der Waals surface area contributed by atoms with Gasteiger partial charge in [0.15, 0.2) is 0 Å². The van der Waals surface area contributed by atoms with E-state index in [0.717, 1.165) is 0 Å². The number of rotatable bonds is 4. The highest BCUT2D eigenvalue weighted by Gasteiger charge is 2.27. The molecule has 15 heavy (non-hydrogen) atoms. The predicted molar refractivity (Wildman–Crippen MR) is 46.6 cm³/mol. The minimum absolute atomic E-state index is 0.0852. The number of halogens is 4. The summed E-state index contributed by atoms with van der Waals surface area (Å²) in [6.07, 6.45) is -4.30. The molecule has 0 aliphatic heterocycles. The van der Waals surface area contributed by atoms with Crippen LogP contribution in [0.2, 0.25) is 5.28 Å². The van der Waals surface area contributed by atoms with Crippen molar-refractivity contribution in [1.82, 2.24) is 14.8 Å². The molecule has 1 heterocycles. The third-order valence-electron chi connectivity index (χ3n) is 1.62. The zero-order valence-corrected chi connectivity index (χ0v) is 8.64. The maximum absolute atomic E-state index is 11.7. The Hall–Kier alpha value is -0.820. The molecule has 0 unspecified atom stereocenters. The van der Waals surface area contributed by atoms with Crippen LogP contribution in [0.3, 0.4) is 0 Å². The van der Waals surface area contributed by atoms with Crippen LogP contribution in [0.1, 0.15) is 5.82 Å². The van der Waals surface area contributed by atoms with Crippen molar-refractivity contribution in [2.24, 2.45) is 0 Å². The van der Waals surface area contributed by atoms with E-state index < -0.39 is 12.8 Å². The lowest BCUT2D eigenvalue weighted by Gasteiger charge is -2.08. The van der Waals surface area contributed by atoms with E-state index in [1.54, 1.807) is 6.92 Å². The molecule has 0 radical (unpaired) electrons. The summed E-state index contributed by atoms with van der Waals surface area (Å²) in [4.78, 5) is 0. The van der Waals surface area contributed by atoms with Gasteiger partial charge in [-0.2, -0.15) is 13.2 Å². The van der Waals surface area contributed by atoms with E-state index in [2.05, 4.69) is 14.9 Å². The minimum Gasteiger partial charge on any atom is -0.370 e. The minimum atomic E-state index is -4.30. The largest absolute Gasteiger partial charge is 0.411 e. The van der Waals surface area contributed by atoms with Gasteiger partial charge in [0.1, 0.15) is 12.4 Å². The van der Waals surface area contributed by atoms with Crippen molar-refractivity contribution in [3.8, 4) is 0 Å². The second kappa shape index (κ2) is 4.80. The van der Waals surface area contributed by atoms with E-state index in [0.29, 0.717) is 5.82 Å². The third kappa shape index (κ3) is 4.05. The van der Waals surface area contributed by atoms with E-state index in [1.807, 2.05) is 0 Å². The van der Waals surface area contributed by atoms with Gasteiger partial charge in [-0.1, -0.05) is 0 Å². The van der Waals surface area contributed by atoms with Crippen molar-refractivity contribution in [3.63, 3.8) is 0 Å². The number of aromatic nitrogens is 3. The predicted octanol–water partition coefficient (Wildman–Crippen LogP) is 1.82. The fraction of sp³-hybridized carbons (Fsp3) is 0.714. The molecule has 0 atom stereocenters. The Labute approximate surface area is 89.0 Å². The van der Waals surface area contributed by atoms with Gasteiger partial charge in [0.05, 0.1) is 13.2 Å². The lowest BCUT2D eigenvalue weighted by Crippen LogP contribution is -2.19. The SMILES string of the molecule is Cc1nnc(Cl)n1CCOCC(F)(F)F. The number of aryl methyl sites for hydroxylation is 1. The third-order valence-corrected chi connectivity index (χ3v) is 1.90. The van der Waals surface area contributed by atoms with Gasteiger partial charge >= 0.3 is 6.18 Å². The highest BCUT2D eigenvalue weighted by Crippen LogP contribution is 2.14. The Bertz CT molecular complexity index is 306. The first kappa shape index (κ1) is 12.3. The Morgan fingerprint density at radius 2 is 2.07 bits per heavy atom. The standard InChI is InChI=1S/C7H9ClF3N3O/c1-5-12-13-6(8)14(5)2-3-15-4-7(9,10)11/h2-4H2,1H3. The molecular weight excluding hydrogens is 235 g/mol. The van der Waals surface area contributed by atoms with Crippen molar-refractivity contribution >= 4 is 11.6 Å². The maximum atomic E-state index is 11.7. The molecule has 1 aromatic rings. The highest BCUT2D eigenvalue weighted by atomic mass is 35.5. The summed E-state index contributed by atoms with van der Waals surface area (Å²) >= 11 is 5.63. The maximum Gasteiger partial charge on any atom is 0.411 e. The smallest absolute Gasteiger partial charge is 0.370 e. The van der Waals surface area contributed by atoms with Crippen LogP contribution in [0.5, 0.6) is 0 Å². The summed E-state index contributed by atoms with van der Waals surface area (Å²) < 4.78 is 41.0. The quantitative estimate of drug-likeness (QED) is 0.758. The van der Waals surface area contributed by atoms with Gasteiger partial charge in [0.2, 0.25) is 5.28 Å². The summed E-state index contributed by atoms with van der Waals surface area (Å²) in [5, 5.41) is 7.33. The van der Waals surface area contributed by atoms with Crippen LogP contribution in [0.4, 0.5) is 13.2 Å². The van der Waals surface area contributed by atoms with E-state index >= 15 is 0 Å². The molecule has 0 aliphatic rings. The summed E-state index contributed by atoms with van der Waals surface area (Å²) in [5.41, 5.74) is 0. The molecule has 0 saturated heterocycles. The van der Waals surface area contributed by atoms with Gasteiger partial charge in [0.25, 0.3) is 0 Å². The van der Waals surface area contributed by atoms with Crippen LogP contribution < -0.4 is 0 Å². The second-order valence-electron chi connectivity index (χ2n) is 2.84. The molecular formula is C7H9ClF3N3O. The molecule has 0 N–H and O–H groups in total. The molecule has 0 amide bonds. The first-order valence-corrected chi connectivity index (χ1v) is 4.48. The summed E-state index contributed by atoms with van der Waals surface area (Å²) in [6, 6.07) is 0. The molecule has 0 saturated carbocycles.